The second kappa shape index (κ2) is 7.11. The molecule has 0 aromatic heterocycles. The minimum atomic E-state index is 0.362. The van der Waals surface area contributed by atoms with Gasteiger partial charge in [0.25, 0.3) is 0 Å². The molecule has 20 heavy (non-hydrogen) atoms. The predicted octanol–water partition coefficient (Wildman–Crippen LogP) is 3.81. The topological polar surface area (TPSA) is 35.2 Å². The SMILES string of the molecule is Cc1cccc(OCCC(CN)c2ccccc2)c1C. The quantitative estimate of drug-likeness (QED) is 0.865. The lowest BCUT2D eigenvalue weighted by molar-refractivity contribution is 0.296. The Morgan fingerprint density at radius 2 is 1.75 bits per heavy atom. The highest BCUT2D eigenvalue weighted by Gasteiger charge is 2.10. The molecule has 0 bridgehead atoms. The summed E-state index contributed by atoms with van der Waals surface area (Å²) in [6.07, 6.45) is 0.938. The summed E-state index contributed by atoms with van der Waals surface area (Å²) in [5.41, 5.74) is 9.66. The Morgan fingerprint density at radius 1 is 1.00 bits per heavy atom. The third kappa shape index (κ3) is 3.61. The van der Waals surface area contributed by atoms with Gasteiger partial charge in [0, 0.05) is 0 Å². The van der Waals surface area contributed by atoms with Gasteiger partial charge in [0.2, 0.25) is 0 Å². The summed E-state index contributed by atoms with van der Waals surface area (Å²) in [6.45, 7) is 5.55. The molecule has 0 fully saturated rings. The van der Waals surface area contributed by atoms with E-state index in [4.69, 9.17) is 10.5 Å². The fraction of sp³-hybridized carbons (Fsp3) is 0.333. The first-order valence-electron chi connectivity index (χ1n) is 7.16. The van der Waals surface area contributed by atoms with Crippen molar-refractivity contribution in [2.75, 3.05) is 13.2 Å². The van der Waals surface area contributed by atoms with Crippen LogP contribution in [-0.2, 0) is 0 Å². The number of hydrogen-bond acceptors (Lipinski definition) is 2. The van der Waals surface area contributed by atoms with E-state index in [2.05, 4.69) is 44.2 Å². The average Bonchev–Trinajstić information content (AvgIpc) is 2.49. The number of benzene rings is 2. The van der Waals surface area contributed by atoms with Crippen LogP contribution in [0.4, 0.5) is 0 Å². The molecule has 2 aromatic carbocycles. The number of aryl methyl sites for hydroxylation is 1. The molecule has 0 saturated heterocycles. The van der Waals surface area contributed by atoms with Crippen molar-refractivity contribution in [3.63, 3.8) is 0 Å². The van der Waals surface area contributed by atoms with Gasteiger partial charge in [0.1, 0.15) is 5.75 Å². The van der Waals surface area contributed by atoms with E-state index < -0.39 is 0 Å². The zero-order chi connectivity index (χ0) is 14.4. The molecule has 0 radical (unpaired) electrons. The molecule has 0 spiro atoms. The van der Waals surface area contributed by atoms with Gasteiger partial charge in [0.15, 0.2) is 0 Å². The first kappa shape index (κ1) is 14.6. The van der Waals surface area contributed by atoms with Gasteiger partial charge in [-0.15, -0.1) is 0 Å². The van der Waals surface area contributed by atoms with Gasteiger partial charge < -0.3 is 10.5 Å². The molecule has 0 aliphatic rings. The van der Waals surface area contributed by atoms with Gasteiger partial charge in [-0.05, 0) is 55.5 Å². The second-order valence-corrected chi connectivity index (χ2v) is 5.18. The van der Waals surface area contributed by atoms with Crippen LogP contribution < -0.4 is 10.5 Å². The standard InChI is InChI=1S/C18H23NO/c1-14-7-6-10-18(15(14)2)20-12-11-17(13-19)16-8-4-3-5-9-16/h3-10,17H,11-13,19H2,1-2H3. The van der Waals surface area contributed by atoms with Crippen molar-refractivity contribution in [1.29, 1.82) is 0 Å². The first-order valence-corrected chi connectivity index (χ1v) is 7.16. The van der Waals surface area contributed by atoms with E-state index in [0.29, 0.717) is 19.1 Å². The lowest BCUT2D eigenvalue weighted by Gasteiger charge is -2.16. The van der Waals surface area contributed by atoms with Gasteiger partial charge >= 0.3 is 0 Å². The summed E-state index contributed by atoms with van der Waals surface area (Å²) in [7, 11) is 0. The Labute approximate surface area is 121 Å². The smallest absolute Gasteiger partial charge is 0.122 e. The molecule has 2 nitrogen and oxygen atoms in total. The summed E-state index contributed by atoms with van der Waals surface area (Å²) in [5.74, 6) is 1.34. The highest BCUT2D eigenvalue weighted by Crippen LogP contribution is 2.23. The number of hydrogen-bond donors (Lipinski definition) is 1. The molecule has 1 unspecified atom stereocenters. The molecule has 0 aliphatic heterocycles. The highest BCUT2D eigenvalue weighted by atomic mass is 16.5. The van der Waals surface area contributed by atoms with Crippen molar-refractivity contribution >= 4 is 0 Å². The van der Waals surface area contributed by atoms with E-state index in [1.807, 2.05) is 18.2 Å². The van der Waals surface area contributed by atoms with Crippen molar-refractivity contribution in [1.82, 2.24) is 0 Å². The zero-order valence-corrected chi connectivity index (χ0v) is 12.3. The summed E-state index contributed by atoms with van der Waals surface area (Å²) < 4.78 is 5.92. The van der Waals surface area contributed by atoms with Gasteiger partial charge in [0.05, 0.1) is 6.61 Å². The van der Waals surface area contributed by atoms with Crippen LogP contribution >= 0.6 is 0 Å². The van der Waals surface area contributed by atoms with Crippen molar-refractivity contribution in [3.05, 3.63) is 65.2 Å². The van der Waals surface area contributed by atoms with Crippen LogP contribution in [0.3, 0.4) is 0 Å². The van der Waals surface area contributed by atoms with E-state index in [9.17, 15) is 0 Å². The Balaban J connectivity index is 1.93. The van der Waals surface area contributed by atoms with Crippen molar-refractivity contribution in [2.24, 2.45) is 5.73 Å². The first-order chi connectivity index (χ1) is 9.72. The zero-order valence-electron chi connectivity index (χ0n) is 12.3. The summed E-state index contributed by atoms with van der Waals surface area (Å²) in [4.78, 5) is 0. The summed E-state index contributed by atoms with van der Waals surface area (Å²) in [5, 5.41) is 0. The van der Waals surface area contributed by atoms with Crippen LogP contribution in [0.1, 0.15) is 29.0 Å². The van der Waals surface area contributed by atoms with Gasteiger partial charge in [-0.25, -0.2) is 0 Å². The molecule has 2 aromatic rings. The molecule has 0 amide bonds. The number of nitrogens with two attached hydrogens (primary N) is 1. The van der Waals surface area contributed by atoms with Crippen LogP contribution in [0.15, 0.2) is 48.5 Å². The Kier molecular flexibility index (Phi) is 5.19. The average molecular weight is 269 g/mol. The van der Waals surface area contributed by atoms with Crippen molar-refractivity contribution < 1.29 is 4.74 Å². The van der Waals surface area contributed by atoms with Crippen molar-refractivity contribution in [2.45, 2.75) is 26.2 Å². The normalized spacial score (nSPS) is 12.2. The minimum absolute atomic E-state index is 0.362. The van der Waals surface area contributed by atoms with E-state index in [-0.39, 0.29) is 0 Å². The molecule has 0 heterocycles. The fourth-order valence-electron chi connectivity index (χ4n) is 2.34. The molecule has 2 heteroatoms. The van der Waals surface area contributed by atoms with Gasteiger partial charge in [-0.3, -0.25) is 0 Å². The monoisotopic (exact) mass is 269 g/mol. The van der Waals surface area contributed by atoms with Crippen LogP contribution in [0.2, 0.25) is 0 Å². The molecule has 106 valence electrons. The lowest BCUT2D eigenvalue weighted by Crippen LogP contribution is -2.15. The van der Waals surface area contributed by atoms with Crippen molar-refractivity contribution in [3.8, 4) is 5.75 Å². The van der Waals surface area contributed by atoms with Crippen LogP contribution in [0.25, 0.3) is 0 Å². The van der Waals surface area contributed by atoms with Gasteiger partial charge in [-0.2, -0.15) is 0 Å². The second-order valence-electron chi connectivity index (χ2n) is 5.18. The van der Waals surface area contributed by atoms with E-state index in [0.717, 1.165) is 12.2 Å². The number of ether oxygens (including phenoxy) is 1. The summed E-state index contributed by atoms with van der Waals surface area (Å²) >= 11 is 0. The van der Waals surface area contributed by atoms with Crippen LogP contribution in [-0.4, -0.2) is 13.2 Å². The lowest BCUT2D eigenvalue weighted by atomic mass is 9.96. The largest absolute Gasteiger partial charge is 0.493 e. The maximum atomic E-state index is 5.92. The third-order valence-corrected chi connectivity index (χ3v) is 3.83. The molecule has 1 atom stereocenters. The molecule has 0 aliphatic carbocycles. The number of rotatable bonds is 6. The highest BCUT2D eigenvalue weighted by molar-refractivity contribution is 5.38. The third-order valence-electron chi connectivity index (χ3n) is 3.83. The maximum Gasteiger partial charge on any atom is 0.122 e. The Hall–Kier alpha value is -1.80. The molecular weight excluding hydrogens is 246 g/mol. The van der Waals surface area contributed by atoms with Crippen LogP contribution in [0.5, 0.6) is 5.75 Å². The molecule has 2 N–H and O–H groups in total. The molecular formula is C18H23NO. The predicted molar refractivity (Wildman–Crippen MR) is 84.3 cm³/mol. The Bertz CT molecular complexity index is 536. The van der Waals surface area contributed by atoms with E-state index in [1.165, 1.54) is 16.7 Å². The summed E-state index contributed by atoms with van der Waals surface area (Å²) in [6, 6.07) is 16.6. The fourth-order valence-corrected chi connectivity index (χ4v) is 2.34. The van der Waals surface area contributed by atoms with E-state index in [1.54, 1.807) is 0 Å². The van der Waals surface area contributed by atoms with Gasteiger partial charge in [-0.1, -0.05) is 42.5 Å². The maximum absolute atomic E-state index is 5.92. The Morgan fingerprint density at radius 3 is 2.45 bits per heavy atom. The molecule has 2 rings (SSSR count). The van der Waals surface area contributed by atoms with E-state index >= 15 is 0 Å². The molecule has 0 saturated carbocycles. The van der Waals surface area contributed by atoms with Crippen LogP contribution in [0, 0.1) is 13.8 Å². The minimum Gasteiger partial charge on any atom is -0.493 e.